The van der Waals surface area contributed by atoms with Crippen LogP contribution in [0.15, 0.2) is 54.7 Å². The molecule has 1 aromatic rings. The zero-order chi connectivity index (χ0) is 13.4. The molecular formula is C14H17FN2O. The normalized spacial score (nSPS) is 11.9. The third-order valence-corrected chi connectivity index (χ3v) is 2.21. The number of nitrogens with zero attached hydrogens (tertiary/aromatic N) is 1. The summed E-state index contributed by atoms with van der Waals surface area (Å²) in [5.74, 6) is -0.435. The van der Waals surface area contributed by atoms with Gasteiger partial charge >= 0.3 is 0 Å². The first-order valence-corrected chi connectivity index (χ1v) is 5.61. The number of benzene rings is 1. The van der Waals surface area contributed by atoms with Crippen LogP contribution < -0.4 is 10.8 Å². The first kappa shape index (κ1) is 14.0. The summed E-state index contributed by atoms with van der Waals surface area (Å²) >= 11 is 0. The Morgan fingerprint density at radius 1 is 1.28 bits per heavy atom. The van der Waals surface area contributed by atoms with E-state index in [1.807, 2.05) is 31.2 Å². The number of allylic oxidation sites excluding steroid dienone is 5. The minimum atomic E-state index is -0.435. The average Bonchev–Trinajstić information content (AvgIpc) is 2.36. The van der Waals surface area contributed by atoms with Gasteiger partial charge in [0, 0.05) is 6.07 Å². The van der Waals surface area contributed by atoms with E-state index in [2.05, 4.69) is 0 Å². The van der Waals surface area contributed by atoms with Gasteiger partial charge < -0.3 is 5.73 Å². The largest absolute Gasteiger partial charge is 0.397 e. The van der Waals surface area contributed by atoms with E-state index in [0.717, 1.165) is 5.06 Å². The van der Waals surface area contributed by atoms with Gasteiger partial charge in [-0.05, 0) is 19.1 Å². The van der Waals surface area contributed by atoms with Crippen LogP contribution in [0.1, 0.15) is 6.92 Å². The van der Waals surface area contributed by atoms with Crippen molar-refractivity contribution < 1.29 is 9.60 Å². The third kappa shape index (κ3) is 4.43. The molecule has 0 aliphatic carbocycles. The number of hydrogen-bond acceptors (Lipinski definition) is 3. The zero-order valence-electron chi connectivity index (χ0n) is 10.3. The van der Waals surface area contributed by atoms with Crippen LogP contribution in [-0.4, -0.2) is 11.8 Å². The second-order valence-corrected chi connectivity index (χ2v) is 3.62. The van der Waals surface area contributed by atoms with Crippen molar-refractivity contribution in [2.75, 3.05) is 17.3 Å². The van der Waals surface area contributed by atoms with Crippen molar-refractivity contribution >= 4 is 11.4 Å². The second kappa shape index (κ2) is 7.29. The number of anilines is 2. The van der Waals surface area contributed by atoms with Gasteiger partial charge in [0.15, 0.2) is 0 Å². The lowest BCUT2D eigenvalue weighted by Gasteiger charge is -2.16. The molecule has 0 aliphatic rings. The predicted molar refractivity (Wildman–Crippen MR) is 73.0 cm³/mol. The smallest absolute Gasteiger partial charge is 0.125 e. The number of hydroxylamine groups is 1. The lowest BCUT2D eigenvalue weighted by molar-refractivity contribution is 0.266. The molecule has 3 nitrogen and oxygen atoms in total. The van der Waals surface area contributed by atoms with Crippen LogP contribution in [0, 0.1) is 5.82 Å². The van der Waals surface area contributed by atoms with Gasteiger partial charge in [0.1, 0.15) is 5.82 Å². The van der Waals surface area contributed by atoms with Gasteiger partial charge in [0.05, 0.1) is 17.9 Å². The molecule has 0 saturated heterocycles. The summed E-state index contributed by atoms with van der Waals surface area (Å²) < 4.78 is 13.0. The first-order chi connectivity index (χ1) is 8.65. The van der Waals surface area contributed by atoms with Crippen molar-refractivity contribution in [3.05, 3.63) is 60.5 Å². The number of rotatable bonds is 5. The van der Waals surface area contributed by atoms with E-state index in [0.29, 0.717) is 5.69 Å². The molecule has 96 valence electrons. The van der Waals surface area contributed by atoms with Gasteiger partial charge in [-0.15, -0.1) is 0 Å². The highest BCUT2D eigenvalue weighted by atomic mass is 19.1. The molecule has 18 heavy (non-hydrogen) atoms. The zero-order valence-corrected chi connectivity index (χ0v) is 10.3. The topological polar surface area (TPSA) is 49.5 Å². The minimum absolute atomic E-state index is 0.230. The Hall–Kier alpha value is -2.07. The van der Waals surface area contributed by atoms with Crippen LogP contribution in [0.25, 0.3) is 0 Å². The Balaban J connectivity index is 2.60. The van der Waals surface area contributed by atoms with Crippen molar-refractivity contribution in [1.29, 1.82) is 0 Å². The molecule has 0 unspecified atom stereocenters. The third-order valence-electron chi connectivity index (χ3n) is 2.21. The molecule has 3 N–H and O–H groups in total. The van der Waals surface area contributed by atoms with Crippen molar-refractivity contribution in [3.8, 4) is 0 Å². The molecular weight excluding hydrogens is 231 g/mol. The van der Waals surface area contributed by atoms with E-state index < -0.39 is 5.82 Å². The molecule has 0 aromatic heterocycles. The van der Waals surface area contributed by atoms with Crippen molar-refractivity contribution in [1.82, 2.24) is 0 Å². The highest BCUT2D eigenvalue weighted by Gasteiger charge is 2.06. The van der Waals surface area contributed by atoms with E-state index in [1.54, 1.807) is 12.2 Å². The summed E-state index contributed by atoms with van der Waals surface area (Å²) in [4.78, 5) is 0. The Labute approximate surface area is 106 Å². The summed E-state index contributed by atoms with van der Waals surface area (Å²) in [6.07, 6.45) is 11.0. The summed E-state index contributed by atoms with van der Waals surface area (Å²) in [5.41, 5.74) is 6.24. The van der Waals surface area contributed by atoms with Crippen LogP contribution >= 0.6 is 0 Å². The van der Waals surface area contributed by atoms with Crippen LogP contribution in [0.4, 0.5) is 15.8 Å². The van der Waals surface area contributed by atoms with Crippen molar-refractivity contribution in [3.63, 3.8) is 0 Å². The highest BCUT2D eigenvalue weighted by molar-refractivity contribution is 5.66. The lowest BCUT2D eigenvalue weighted by Crippen LogP contribution is -2.19. The maximum absolute atomic E-state index is 13.0. The Bertz CT molecular complexity index is 467. The van der Waals surface area contributed by atoms with Crippen molar-refractivity contribution in [2.45, 2.75) is 6.92 Å². The molecule has 0 spiro atoms. The van der Waals surface area contributed by atoms with Crippen LogP contribution in [0.3, 0.4) is 0 Å². The molecule has 0 fully saturated rings. The fourth-order valence-electron chi connectivity index (χ4n) is 1.32. The summed E-state index contributed by atoms with van der Waals surface area (Å²) in [6, 6.07) is 3.87. The predicted octanol–water partition coefficient (Wildman–Crippen LogP) is 3.29. The van der Waals surface area contributed by atoms with Crippen LogP contribution in [0.2, 0.25) is 0 Å². The van der Waals surface area contributed by atoms with Crippen molar-refractivity contribution in [2.24, 2.45) is 0 Å². The van der Waals surface area contributed by atoms with Gasteiger partial charge in [-0.2, -0.15) is 0 Å². The van der Waals surface area contributed by atoms with E-state index >= 15 is 0 Å². The summed E-state index contributed by atoms with van der Waals surface area (Å²) in [5, 5.41) is 10.6. The Morgan fingerprint density at radius 3 is 2.72 bits per heavy atom. The molecule has 0 saturated carbocycles. The van der Waals surface area contributed by atoms with Gasteiger partial charge in [-0.3, -0.25) is 10.3 Å². The SMILES string of the molecule is C\C=C/C=C\C=C\CN(O)c1cc(F)ccc1N. The molecule has 1 rings (SSSR count). The molecule has 1 aromatic carbocycles. The molecule has 0 amide bonds. The highest BCUT2D eigenvalue weighted by Crippen LogP contribution is 2.22. The van der Waals surface area contributed by atoms with E-state index in [4.69, 9.17) is 5.73 Å². The number of hydrogen-bond donors (Lipinski definition) is 2. The molecule has 4 heteroatoms. The molecule has 0 bridgehead atoms. The fraction of sp³-hybridized carbons (Fsp3) is 0.143. The average molecular weight is 248 g/mol. The van der Waals surface area contributed by atoms with E-state index in [-0.39, 0.29) is 12.2 Å². The minimum Gasteiger partial charge on any atom is -0.397 e. The van der Waals surface area contributed by atoms with Crippen LogP contribution in [0.5, 0.6) is 0 Å². The standard InChI is InChI=1S/C14H17FN2O/c1-2-3-4-5-6-7-10-17(18)14-11-12(15)8-9-13(14)16/h2-9,11,18H,10,16H2,1H3/b3-2-,5-4-,7-6+. The van der Waals surface area contributed by atoms with Gasteiger partial charge in [-0.1, -0.05) is 36.5 Å². The van der Waals surface area contributed by atoms with Gasteiger partial charge in [-0.25, -0.2) is 4.39 Å². The molecule has 0 aliphatic heterocycles. The summed E-state index contributed by atoms with van der Waals surface area (Å²) in [6.45, 7) is 2.16. The number of halogens is 1. The monoisotopic (exact) mass is 248 g/mol. The van der Waals surface area contributed by atoms with Crippen LogP contribution in [-0.2, 0) is 0 Å². The fourth-order valence-corrected chi connectivity index (χ4v) is 1.32. The lowest BCUT2D eigenvalue weighted by atomic mass is 10.2. The number of nitrogen functional groups attached to an aromatic ring is 1. The van der Waals surface area contributed by atoms with E-state index in [1.165, 1.54) is 18.2 Å². The van der Waals surface area contributed by atoms with Gasteiger partial charge in [0.2, 0.25) is 0 Å². The maximum atomic E-state index is 13.0. The second-order valence-electron chi connectivity index (χ2n) is 3.62. The summed E-state index contributed by atoms with van der Waals surface area (Å²) in [7, 11) is 0. The van der Waals surface area contributed by atoms with E-state index in [9.17, 15) is 9.60 Å². The quantitative estimate of drug-likeness (QED) is 0.477. The first-order valence-electron chi connectivity index (χ1n) is 5.61. The van der Waals surface area contributed by atoms with Gasteiger partial charge in [0.25, 0.3) is 0 Å². The molecule has 0 heterocycles. The number of nitrogens with two attached hydrogens (primary N) is 1. The Morgan fingerprint density at radius 2 is 2.00 bits per heavy atom. The molecule has 0 atom stereocenters. The Kier molecular flexibility index (Phi) is 5.67. The molecule has 0 radical (unpaired) electrons. The maximum Gasteiger partial charge on any atom is 0.125 e.